The first-order valence-corrected chi connectivity index (χ1v) is 7.35. The van der Waals surface area contributed by atoms with Crippen molar-refractivity contribution >= 4 is 22.7 Å². The molecule has 1 aromatic carbocycles. The number of nitrogens with two attached hydrogens (primary N) is 1. The number of anilines is 2. The van der Waals surface area contributed by atoms with Crippen LogP contribution in [-0.4, -0.2) is 40.5 Å². The Morgan fingerprint density at radius 1 is 1.50 bits per heavy atom. The van der Waals surface area contributed by atoms with Crippen molar-refractivity contribution in [3.05, 3.63) is 18.2 Å². The summed E-state index contributed by atoms with van der Waals surface area (Å²) in [6.45, 7) is 7.88. The topological polar surface area (TPSA) is 70.0 Å². The predicted octanol–water partition coefficient (Wildman–Crippen LogP) is 2.29. The van der Waals surface area contributed by atoms with Crippen LogP contribution in [0.4, 0.5) is 11.6 Å². The van der Waals surface area contributed by atoms with Crippen LogP contribution < -0.4 is 11.1 Å². The highest BCUT2D eigenvalue weighted by atomic mass is 15.2. The lowest BCUT2D eigenvalue weighted by Gasteiger charge is -2.20. The van der Waals surface area contributed by atoms with Crippen LogP contribution in [0.2, 0.25) is 0 Å². The van der Waals surface area contributed by atoms with Crippen molar-refractivity contribution < 1.29 is 0 Å². The van der Waals surface area contributed by atoms with Crippen LogP contribution in [-0.2, 0) is 0 Å². The lowest BCUT2D eigenvalue weighted by molar-refractivity contribution is 0.266. The quantitative estimate of drug-likeness (QED) is 0.748. The molecule has 0 bridgehead atoms. The number of nitrogens with one attached hydrogen (secondary N) is 2. The molecular formula is C15H23N5. The van der Waals surface area contributed by atoms with E-state index >= 15 is 0 Å². The molecule has 2 heterocycles. The molecule has 1 atom stereocenters. The molecule has 108 valence electrons. The second kappa shape index (κ2) is 5.32. The number of hydrogen-bond donors (Lipinski definition) is 3. The number of imidazole rings is 1. The molecule has 1 aliphatic heterocycles. The second-order valence-electron chi connectivity index (χ2n) is 5.99. The van der Waals surface area contributed by atoms with Crippen molar-refractivity contribution in [2.75, 3.05) is 30.7 Å². The Labute approximate surface area is 119 Å². The molecule has 1 unspecified atom stereocenters. The van der Waals surface area contributed by atoms with Gasteiger partial charge in [-0.25, -0.2) is 4.98 Å². The number of aromatic nitrogens is 2. The standard InChI is InChI=1S/C15H23N5/c1-10(2)20-6-5-11(9-20)8-17-15-18-13-4-3-12(16)7-14(13)19-15/h3-4,7,10-11H,5-6,8-9,16H2,1-2H3,(H2,17,18,19). The van der Waals surface area contributed by atoms with Gasteiger partial charge in [0.2, 0.25) is 5.95 Å². The fraction of sp³-hybridized carbons (Fsp3) is 0.533. The average molecular weight is 273 g/mol. The van der Waals surface area contributed by atoms with Crippen molar-refractivity contribution in [3.8, 4) is 0 Å². The average Bonchev–Trinajstić information content (AvgIpc) is 3.01. The van der Waals surface area contributed by atoms with Gasteiger partial charge >= 0.3 is 0 Å². The van der Waals surface area contributed by atoms with Gasteiger partial charge in [-0.2, -0.15) is 0 Å². The van der Waals surface area contributed by atoms with E-state index in [4.69, 9.17) is 5.73 Å². The predicted molar refractivity (Wildman–Crippen MR) is 83.8 cm³/mol. The zero-order chi connectivity index (χ0) is 14.1. The van der Waals surface area contributed by atoms with Crippen LogP contribution in [0.25, 0.3) is 11.0 Å². The van der Waals surface area contributed by atoms with Crippen LogP contribution in [0, 0.1) is 5.92 Å². The van der Waals surface area contributed by atoms with Crippen molar-refractivity contribution in [3.63, 3.8) is 0 Å². The Morgan fingerprint density at radius 3 is 3.10 bits per heavy atom. The van der Waals surface area contributed by atoms with Gasteiger partial charge in [0.15, 0.2) is 0 Å². The lowest BCUT2D eigenvalue weighted by Crippen LogP contribution is -2.29. The molecular weight excluding hydrogens is 250 g/mol. The van der Waals surface area contributed by atoms with E-state index in [0.29, 0.717) is 12.0 Å². The lowest BCUT2D eigenvalue weighted by atomic mass is 10.1. The van der Waals surface area contributed by atoms with Gasteiger partial charge in [-0.15, -0.1) is 0 Å². The highest BCUT2D eigenvalue weighted by Crippen LogP contribution is 2.20. The van der Waals surface area contributed by atoms with Crippen LogP contribution >= 0.6 is 0 Å². The van der Waals surface area contributed by atoms with Gasteiger partial charge in [0.25, 0.3) is 0 Å². The molecule has 5 nitrogen and oxygen atoms in total. The van der Waals surface area contributed by atoms with Crippen LogP contribution in [0.15, 0.2) is 18.2 Å². The molecule has 0 saturated carbocycles. The third-order valence-electron chi connectivity index (χ3n) is 4.11. The first kappa shape index (κ1) is 13.2. The molecule has 0 spiro atoms. The van der Waals surface area contributed by atoms with Crippen molar-refractivity contribution in [2.24, 2.45) is 5.92 Å². The third-order valence-corrected chi connectivity index (χ3v) is 4.11. The number of rotatable bonds is 4. The Bertz CT molecular complexity index is 589. The molecule has 5 heteroatoms. The summed E-state index contributed by atoms with van der Waals surface area (Å²) in [5, 5.41) is 3.42. The van der Waals surface area contributed by atoms with Gasteiger partial charge in [0.05, 0.1) is 11.0 Å². The summed E-state index contributed by atoms with van der Waals surface area (Å²) in [6, 6.07) is 6.39. The number of hydrogen-bond acceptors (Lipinski definition) is 4. The highest BCUT2D eigenvalue weighted by molar-refractivity contribution is 5.80. The Morgan fingerprint density at radius 2 is 2.35 bits per heavy atom. The smallest absolute Gasteiger partial charge is 0.201 e. The van der Waals surface area contributed by atoms with E-state index in [-0.39, 0.29) is 0 Å². The Hall–Kier alpha value is -1.75. The second-order valence-corrected chi connectivity index (χ2v) is 5.99. The molecule has 0 radical (unpaired) electrons. The summed E-state index contributed by atoms with van der Waals surface area (Å²) in [5.41, 5.74) is 8.48. The van der Waals surface area contributed by atoms with E-state index in [1.54, 1.807) is 0 Å². The SMILES string of the molecule is CC(C)N1CCC(CNc2nc3ccc(N)cc3[nH]2)C1. The van der Waals surface area contributed by atoms with E-state index in [9.17, 15) is 0 Å². The number of fused-ring (bicyclic) bond motifs is 1. The van der Waals surface area contributed by atoms with Crippen LogP contribution in [0.1, 0.15) is 20.3 Å². The summed E-state index contributed by atoms with van der Waals surface area (Å²) >= 11 is 0. The fourth-order valence-corrected chi connectivity index (χ4v) is 2.85. The molecule has 1 fully saturated rings. The zero-order valence-corrected chi connectivity index (χ0v) is 12.2. The summed E-state index contributed by atoms with van der Waals surface area (Å²) in [6.07, 6.45) is 1.26. The summed E-state index contributed by atoms with van der Waals surface area (Å²) in [5.74, 6) is 1.55. The Kier molecular flexibility index (Phi) is 3.53. The molecule has 1 aliphatic rings. The van der Waals surface area contributed by atoms with Crippen LogP contribution in [0.3, 0.4) is 0 Å². The molecule has 20 heavy (non-hydrogen) atoms. The fourth-order valence-electron chi connectivity index (χ4n) is 2.85. The molecule has 0 aliphatic carbocycles. The first-order valence-electron chi connectivity index (χ1n) is 7.35. The minimum atomic E-state index is 0.647. The maximum Gasteiger partial charge on any atom is 0.201 e. The number of likely N-dealkylation sites (tertiary alicyclic amines) is 1. The van der Waals surface area contributed by atoms with E-state index < -0.39 is 0 Å². The largest absolute Gasteiger partial charge is 0.399 e. The van der Waals surface area contributed by atoms with Gasteiger partial charge in [0.1, 0.15) is 0 Å². The number of aromatic amines is 1. The Balaban J connectivity index is 1.60. The van der Waals surface area contributed by atoms with Gasteiger partial charge in [-0.05, 0) is 50.9 Å². The molecule has 1 saturated heterocycles. The number of H-pyrrole nitrogens is 1. The first-order chi connectivity index (χ1) is 9.61. The number of benzene rings is 1. The van der Waals surface area contributed by atoms with E-state index in [1.807, 2.05) is 18.2 Å². The molecule has 1 aromatic heterocycles. The zero-order valence-electron chi connectivity index (χ0n) is 12.2. The van der Waals surface area contributed by atoms with Crippen molar-refractivity contribution in [1.82, 2.24) is 14.9 Å². The van der Waals surface area contributed by atoms with Crippen molar-refractivity contribution in [2.45, 2.75) is 26.3 Å². The van der Waals surface area contributed by atoms with Gasteiger partial charge in [0, 0.05) is 24.8 Å². The normalized spacial score (nSPS) is 20.1. The molecule has 4 N–H and O–H groups in total. The van der Waals surface area contributed by atoms with E-state index in [1.165, 1.54) is 19.5 Å². The van der Waals surface area contributed by atoms with Gasteiger partial charge in [-0.3, -0.25) is 0 Å². The minimum Gasteiger partial charge on any atom is -0.399 e. The number of nitrogen functional groups attached to an aromatic ring is 1. The maximum absolute atomic E-state index is 5.78. The maximum atomic E-state index is 5.78. The van der Waals surface area contributed by atoms with E-state index in [2.05, 4.69) is 34.0 Å². The summed E-state index contributed by atoms with van der Waals surface area (Å²) < 4.78 is 0. The molecule has 0 amide bonds. The monoisotopic (exact) mass is 273 g/mol. The van der Waals surface area contributed by atoms with Gasteiger partial charge in [-0.1, -0.05) is 0 Å². The van der Waals surface area contributed by atoms with Gasteiger partial charge < -0.3 is 20.9 Å². The van der Waals surface area contributed by atoms with E-state index in [0.717, 1.165) is 29.2 Å². The minimum absolute atomic E-state index is 0.647. The summed E-state index contributed by atoms with van der Waals surface area (Å²) in [4.78, 5) is 10.3. The number of nitrogens with zero attached hydrogens (tertiary/aromatic N) is 2. The molecule has 2 aromatic rings. The third kappa shape index (κ3) is 2.72. The summed E-state index contributed by atoms with van der Waals surface area (Å²) in [7, 11) is 0. The highest BCUT2D eigenvalue weighted by Gasteiger charge is 2.23. The molecule has 3 rings (SSSR count). The van der Waals surface area contributed by atoms with Crippen molar-refractivity contribution in [1.29, 1.82) is 0 Å². The van der Waals surface area contributed by atoms with Crippen LogP contribution in [0.5, 0.6) is 0 Å².